The molecule has 2 N–H and O–H groups in total. The summed E-state index contributed by atoms with van der Waals surface area (Å²) in [4.78, 5) is 12.1. The van der Waals surface area contributed by atoms with Gasteiger partial charge in [-0.1, -0.05) is 19.3 Å². The zero-order valence-corrected chi connectivity index (χ0v) is 11.3. The van der Waals surface area contributed by atoms with Crippen LogP contribution >= 0.6 is 0 Å². The Bertz CT molecular complexity index is 287. The normalized spacial score (nSPS) is 36.6. The molecular formula is C15H26N2O. The predicted octanol–water partition coefficient (Wildman–Crippen LogP) is 2.36. The topological polar surface area (TPSA) is 41.1 Å². The Morgan fingerprint density at radius 2 is 1.67 bits per heavy atom. The maximum absolute atomic E-state index is 12.1. The predicted molar refractivity (Wildman–Crippen MR) is 72.3 cm³/mol. The number of carbonyl (C=O) groups is 1. The van der Waals surface area contributed by atoms with Crippen LogP contribution in [0.4, 0.5) is 0 Å². The lowest BCUT2D eigenvalue weighted by Crippen LogP contribution is -2.48. The van der Waals surface area contributed by atoms with Crippen LogP contribution in [0.2, 0.25) is 0 Å². The maximum atomic E-state index is 12.1. The van der Waals surface area contributed by atoms with Crippen molar-refractivity contribution in [3.05, 3.63) is 0 Å². The molecule has 2 atom stereocenters. The van der Waals surface area contributed by atoms with Crippen LogP contribution in [0.15, 0.2) is 0 Å². The van der Waals surface area contributed by atoms with Gasteiger partial charge in [0.2, 0.25) is 5.91 Å². The number of piperidine rings is 1. The number of rotatable bonds is 3. The second-order valence-corrected chi connectivity index (χ2v) is 6.58. The molecule has 3 heteroatoms. The van der Waals surface area contributed by atoms with Crippen molar-refractivity contribution in [2.45, 2.75) is 82.3 Å². The monoisotopic (exact) mass is 250 g/mol. The third kappa shape index (κ3) is 3.05. The average molecular weight is 250 g/mol. The van der Waals surface area contributed by atoms with Crippen molar-refractivity contribution in [3.8, 4) is 0 Å². The van der Waals surface area contributed by atoms with Crippen LogP contribution < -0.4 is 10.6 Å². The fourth-order valence-corrected chi connectivity index (χ4v) is 4.12. The number of amides is 1. The van der Waals surface area contributed by atoms with Crippen molar-refractivity contribution < 1.29 is 4.79 Å². The fraction of sp³-hybridized carbons (Fsp3) is 0.933. The highest BCUT2D eigenvalue weighted by molar-refractivity contribution is 5.76. The van der Waals surface area contributed by atoms with Gasteiger partial charge in [0, 0.05) is 24.5 Å². The first-order valence-corrected chi connectivity index (χ1v) is 7.85. The highest BCUT2D eigenvalue weighted by Crippen LogP contribution is 2.28. The molecule has 0 spiro atoms. The van der Waals surface area contributed by atoms with Gasteiger partial charge >= 0.3 is 0 Å². The van der Waals surface area contributed by atoms with Crippen molar-refractivity contribution in [3.63, 3.8) is 0 Å². The molecule has 0 aromatic heterocycles. The maximum Gasteiger partial charge on any atom is 0.220 e. The van der Waals surface area contributed by atoms with Gasteiger partial charge in [0.25, 0.3) is 0 Å². The van der Waals surface area contributed by atoms with Crippen LogP contribution in [0.5, 0.6) is 0 Å². The largest absolute Gasteiger partial charge is 0.353 e. The Labute approximate surface area is 110 Å². The van der Waals surface area contributed by atoms with Crippen molar-refractivity contribution in [1.29, 1.82) is 0 Å². The molecule has 0 aromatic carbocycles. The molecule has 1 aliphatic carbocycles. The zero-order chi connectivity index (χ0) is 12.4. The lowest BCUT2D eigenvalue weighted by Gasteiger charge is -2.30. The average Bonchev–Trinajstić information content (AvgIpc) is 2.70. The van der Waals surface area contributed by atoms with Crippen LogP contribution in [0.25, 0.3) is 0 Å². The highest BCUT2D eigenvalue weighted by atomic mass is 16.1. The summed E-state index contributed by atoms with van der Waals surface area (Å²) in [6.45, 7) is 0. The van der Waals surface area contributed by atoms with E-state index < -0.39 is 0 Å². The van der Waals surface area contributed by atoms with Crippen LogP contribution in [-0.2, 0) is 4.79 Å². The molecule has 2 unspecified atom stereocenters. The van der Waals surface area contributed by atoms with Gasteiger partial charge in [-0.05, 0) is 44.4 Å². The third-order valence-corrected chi connectivity index (χ3v) is 5.04. The van der Waals surface area contributed by atoms with Crippen LogP contribution in [0.3, 0.4) is 0 Å². The van der Waals surface area contributed by atoms with Gasteiger partial charge < -0.3 is 10.6 Å². The molecule has 2 heterocycles. The van der Waals surface area contributed by atoms with E-state index in [0.717, 1.165) is 19.3 Å². The van der Waals surface area contributed by atoms with Crippen molar-refractivity contribution in [2.24, 2.45) is 5.92 Å². The van der Waals surface area contributed by atoms with Gasteiger partial charge in [-0.25, -0.2) is 0 Å². The second kappa shape index (κ2) is 5.60. The molecule has 102 valence electrons. The summed E-state index contributed by atoms with van der Waals surface area (Å²) >= 11 is 0. The first-order chi connectivity index (χ1) is 8.79. The summed E-state index contributed by atoms with van der Waals surface area (Å²) in [7, 11) is 0. The summed E-state index contributed by atoms with van der Waals surface area (Å²) in [5.41, 5.74) is 0. The molecule has 1 saturated carbocycles. The van der Waals surface area contributed by atoms with Crippen molar-refractivity contribution >= 4 is 5.91 Å². The van der Waals surface area contributed by atoms with Crippen molar-refractivity contribution in [1.82, 2.24) is 10.6 Å². The fourth-order valence-electron chi connectivity index (χ4n) is 4.12. The van der Waals surface area contributed by atoms with E-state index in [4.69, 9.17) is 0 Å². The van der Waals surface area contributed by atoms with Gasteiger partial charge in [0.15, 0.2) is 0 Å². The zero-order valence-electron chi connectivity index (χ0n) is 11.3. The Morgan fingerprint density at radius 1 is 1.00 bits per heavy atom. The third-order valence-electron chi connectivity index (χ3n) is 5.04. The number of carbonyl (C=O) groups excluding carboxylic acids is 1. The van der Waals surface area contributed by atoms with E-state index in [0.29, 0.717) is 30.0 Å². The number of fused-ring (bicyclic) bond motifs is 2. The van der Waals surface area contributed by atoms with Crippen LogP contribution in [0.1, 0.15) is 64.2 Å². The van der Waals surface area contributed by atoms with Gasteiger partial charge in [0.05, 0.1) is 0 Å². The Morgan fingerprint density at radius 3 is 2.33 bits per heavy atom. The summed E-state index contributed by atoms with van der Waals surface area (Å²) < 4.78 is 0. The molecule has 2 aliphatic heterocycles. The molecule has 3 aliphatic rings. The van der Waals surface area contributed by atoms with Gasteiger partial charge in [-0.3, -0.25) is 4.79 Å². The van der Waals surface area contributed by atoms with E-state index in [9.17, 15) is 4.79 Å². The second-order valence-electron chi connectivity index (χ2n) is 6.58. The first-order valence-electron chi connectivity index (χ1n) is 7.85. The Kier molecular flexibility index (Phi) is 3.88. The molecule has 3 nitrogen and oxygen atoms in total. The minimum atomic E-state index is 0.313. The molecule has 3 fully saturated rings. The molecule has 1 amide bonds. The van der Waals surface area contributed by atoms with E-state index in [1.54, 1.807) is 0 Å². The van der Waals surface area contributed by atoms with E-state index >= 15 is 0 Å². The summed E-state index contributed by atoms with van der Waals surface area (Å²) in [5.74, 6) is 0.977. The smallest absolute Gasteiger partial charge is 0.220 e. The molecule has 0 radical (unpaired) electrons. The van der Waals surface area contributed by atoms with E-state index in [2.05, 4.69) is 10.6 Å². The van der Waals surface area contributed by atoms with Crippen LogP contribution in [-0.4, -0.2) is 24.0 Å². The summed E-state index contributed by atoms with van der Waals surface area (Å²) in [6, 6.07) is 1.78. The molecule has 2 bridgehead atoms. The Hall–Kier alpha value is -0.570. The van der Waals surface area contributed by atoms with Crippen molar-refractivity contribution in [2.75, 3.05) is 0 Å². The lowest BCUT2D eigenvalue weighted by atomic mass is 9.86. The number of hydrogen-bond acceptors (Lipinski definition) is 2. The van der Waals surface area contributed by atoms with Gasteiger partial charge in [-0.2, -0.15) is 0 Å². The molecule has 18 heavy (non-hydrogen) atoms. The number of hydrogen-bond donors (Lipinski definition) is 2. The van der Waals surface area contributed by atoms with Gasteiger partial charge in [-0.15, -0.1) is 0 Å². The van der Waals surface area contributed by atoms with E-state index in [1.165, 1.54) is 44.9 Å². The quantitative estimate of drug-likeness (QED) is 0.807. The molecule has 0 aromatic rings. The minimum absolute atomic E-state index is 0.313. The minimum Gasteiger partial charge on any atom is -0.353 e. The number of nitrogens with one attached hydrogen (secondary N) is 2. The first kappa shape index (κ1) is 12.5. The summed E-state index contributed by atoms with van der Waals surface area (Å²) in [6.07, 6.45) is 12.2. The van der Waals surface area contributed by atoms with Crippen LogP contribution in [0, 0.1) is 5.92 Å². The SMILES string of the molecule is O=C(CC1CCCCC1)NC1CC2CCC(C1)N2. The standard InChI is InChI=1S/C15H26N2O/c18-15(8-11-4-2-1-3-5-11)17-14-9-12-6-7-13(10-14)16-12/h11-14,16H,1-10H2,(H,17,18). The van der Waals surface area contributed by atoms with E-state index in [1.807, 2.05) is 0 Å². The Balaban J connectivity index is 1.43. The van der Waals surface area contributed by atoms with Gasteiger partial charge in [0.1, 0.15) is 0 Å². The highest BCUT2D eigenvalue weighted by Gasteiger charge is 2.34. The molecular weight excluding hydrogens is 224 g/mol. The summed E-state index contributed by atoms with van der Waals surface area (Å²) in [5, 5.41) is 6.91. The lowest BCUT2D eigenvalue weighted by molar-refractivity contribution is -0.123. The van der Waals surface area contributed by atoms with E-state index in [-0.39, 0.29) is 0 Å². The molecule has 3 rings (SSSR count). The molecule has 2 saturated heterocycles.